The van der Waals surface area contributed by atoms with Gasteiger partial charge in [-0.1, -0.05) is 90.5 Å². The minimum Gasteiger partial charge on any atom is -0.494 e. The highest BCUT2D eigenvalue weighted by Crippen LogP contribution is 2.56. The van der Waals surface area contributed by atoms with E-state index in [-0.39, 0.29) is 64.7 Å². The van der Waals surface area contributed by atoms with Crippen LogP contribution in [0.4, 0.5) is 26.3 Å². The van der Waals surface area contributed by atoms with Gasteiger partial charge in [0, 0.05) is 33.4 Å². The summed E-state index contributed by atoms with van der Waals surface area (Å²) in [4.78, 5) is 40.0. The Morgan fingerprint density at radius 2 is 0.803 bits per heavy atom. The molecule has 8 rings (SSSR count). The number of hydrogen-bond donors (Lipinski definition) is 1. The zero-order valence-corrected chi connectivity index (χ0v) is 41.4. The molecule has 0 amide bonds. The Labute approximate surface area is 434 Å². The van der Waals surface area contributed by atoms with Gasteiger partial charge in [0.15, 0.2) is 17.3 Å². The van der Waals surface area contributed by atoms with E-state index in [0.29, 0.717) is 64.3 Å². The van der Waals surface area contributed by atoms with E-state index >= 15 is 26.3 Å². The van der Waals surface area contributed by atoms with Crippen molar-refractivity contribution in [2.24, 2.45) is 0 Å². The van der Waals surface area contributed by atoms with Crippen molar-refractivity contribution >= 4 is 27.5 Å². The molecule has 1 N–H and O–H groups in total. The first kappa shape index (κ1) is 53.9. The summed E-state index contributed by atoms with van der Waals surface area (Å²) in [6, 6.07) is 44.3. The van der Waals surface area contributed by atoms with Gasteiger partial charge >= 0.3 is 12.4 Å². The molecule has 0 bridgehead atoms. The van der Waals surface area contributed by atoms with Gasteiger partial charge in [0.2, 0.25) is 5.41 Å². The Kier molecular flexibility index (Phi) is 15.8. The number of hydrogen-bond acceptors (Lipinski definition) is 8. The molecule has 0 fully saturated rings. The van der Waals surface area contributed by atoms with Gasteiger partial charge in [-0.05, 0) is 158 Å². The van der Waals surface area contributed by atoms with E-state index in [1.165, 1.54) is 48.5 Å². The molecule has 0 radical (unpaired) electrons. The second-order valence-electron chi connectivity index (χ2n) is 17.9. The van der Waals surface area contributed by atoms with Gasteiger partial charge < -0.3 is 14.2 Å². The molecular weight excluding hydrogens is 1010 g/mol. The van der Waals surface area contributed by atoms with Gasteiger partial charge in [0.1, 0.15) is 28.7 Å². The second-order valence-corrected chi connectivity index (χ2v) is 19.4. The molecule has 388 valence electrons. The van der Waals surface area contributed by atoms with Crippen LogP contribution in [0.3, 0.4) is 0 Å². The highest BCUT2D eigenvalue weighted by molar-refractivity contribution is 7.85. The van der Waals surface area contributed by atoms with Crippen LogP contribution in [0.1, 0.15) is 82.9 Å². The number of rotatable bonds is 19. The lowest BCUT2D eigenvalue weighted by Gasteiger charge is -2.38. The second kappa shape index (κ2) is 22.2. The Morgan fingerprint density at radius 1 is 0.447 bits per heavy atom. The quantitative estimate of drug-likeness (QED) is 0.0364. The highest BCUT2D eigenvalue weighted by Gasteiger charge is 2.72. The van der Waals surface area contributed by atoms with Crippen molar-refractivity contribution in [1.29, 1.82) is 0 Å². The third-order valence-electron chi connectivity index (χ3n) is 12.6. The minimum absolute atomic E-state index is 0.0411. The van der Waals surface area contributed by atoms with Crippen LogP contribution >= 0.6 is 0 Å². The summed E-state index contributed by atoms with van der Waals surface area (Å²) in [5, 5.41) is 0. The molecule has 0 atom stereocenters. The van der Waals surface area contributed by atoms with Crippen LogP contribution in [-0.2, 0) is 15.5 Å². The number of alkyl halides is 6. The van der Waals surface area contributed by atoms with Crippen LogP contribution < -0.4 is 14.2 Å². The predicted octanol–water partition coefficient (Wildman–Crippen LogP) is 14.7. The Balaban J connectivity index is 0.903. The van der Waals surface area contributed by atoms with Crippen molar-refractivity contribution in [2.75, 3.05) is 12.4 Å². The standard InChI is InChI=1S/C60H46F6O9S/c1-38-5-8-41(9-6-38)55(67)43-17-27-50(28-18-43)74-52-31-21-47(22-32-52)58(59(61,62)63,60(64,65)66)48-23-33-53(34-24-48)75-51-29-19-44(20-30-51)56(68)42-13-11-40(12-14-42)46-10-7-39(2)54(37-46)57(69)45-15-25-49(26-16-45)73-35-3-4-36-76(70,71)72/h5-34,37H,3-4,35-36H2,1-2H3,(H,70,71,72). The molecular formula is C60H46F6O9S. The van der Waals surface area contributed by atoms with Gasteiger partial charge in [0.05, 0.1) is 12.4 Å². The molecule has 9 nitrogen and oxygen atoms in total. The van der Waals surface area contributed by atoms with Crippen LogP contribution in [0.5, 0.6) is 28.7 Å². The first-order chi connectivity index (χ1) is 36.1. The maximum Gasteiger partial charge on any atom is 0.411 e. The topological polar surface area (TPSA) is 133 Å². The number of ether oxygens (including phenoxy) is 3. The maximum absolute atomic E-state index is 15.0. The number of ketones is 3. The van der Waals surface area contributed by atoms with Crippen molar-refractivity contribution < 1.29 is 67.9 Å². The zero-order chi connectivity index (χ0) is 54.4. The lowest BCUT2D eigenvalue weighted by atomic mass is 9.73. The summed E-state index contributed by atoms with van der Waals surface area (Å²) < 4.78 is 138. The molecule has 0 spiro atoms. The first-order valence-electron chi connectivity index (χ1n) is 23.6. The van der Waals surface area contributed by atoms with Crippen molar-refractivity contribution in [1.82, 2.24) is 0 Å². The fourth-order valence-corrected chi connectivity index (χ4v) is 9.05. The molecule has 76 heavy (non-hydrogen) atoms. The van der Waals surface area contributed by atoms with E-state index in [9.17, 15) is 22.8 Å². The normalized spacial score (nSPS) is 12.0. The Hall–Kier alpha value is -8.34. The number of halogens is 6. The summed E-state index contributed by atoms with van der Waals surface area (Å²) in [5.41, 5.74) is -1.14. The van der Waals surface area contributed by atoms with E-state index in [0.717, 1.165) is 46.5 Å². The fraction of sp³-hybridized carbons (Fsp3) is 0.150. The summed E-state index contributed by atoms with van der Waals surface area (Å²) in [6.07, 6.45) is -11.0. The minimum atomic E-state index is -5.85. The van der Waals surface area contributed by atoms with Gasteiger partial charge in [0.25, 0.3) is 10.1 Å². The molecule has 0 aromatic heterocycles. The van der Waals surface area contributed by atoms with Gasteiger partial charge in [-0.15, -0.1) is 0 Å². The van der Waals surface area contributed by atoms with E-state index in [4.69, 9.17) is 18.8 Å². The zero-order valence-electron chi connectivity index (χ0n) is 40.6. The molecule has 0 unspecified atom stereocenters. The smallest absolute Gasteiger partial charge is 0.411 e. The Morgan fingerprint density at radius 3 is 1.21 bits per heavy atom. The number of carbonyl (C=O) groups is 3. The summed E-state index contributed by atoms with van der Waals surface area (Å²) in [7, 11) is -4.04. The number of carbonyl (C=O) groups excluding carboxylic acids is 3. The van der Waals surface area contributed by atoms with Crippen molar-refractivity contribution in [2.45, 2.75) is 44.5 Å². The largest absolute Gasteiger partial charge is 0.494 e. The van der Waals surface area contributed by atoms with Gasteiger partial charge in [-0.2, -0.15) is 34.8 Å². The fourth-order valence-electron chi connectivity index (χ4n) is 8.48. The molecule has 0 saturated carbocycles. The molecule has 0 aliphatic rings. The van der Waals surface area contributed by atoms with Gasteiger partial charge in [-0.3, -0.25) is 18.9 Å². The van der Waals surface area contributed by atoms with Crippen LogP contribution in [0.25, 0.3) is 11.1 Å². The maximum atomic E-state index is 15.0. The first-order valence-corrected chi connectivity index (χ1v) is 25.2. The van der Waals surface area contributed by atoms with Crippen LogP contribution in [0, 0.1) is 13.8 Å². The SMILES string of the molecule is Cc1ccc(C(=O)c2ccc(Oc3ccc(C(c4ccc(Oc5ccc(C(=O)c6ccc(-c7ccc(C)c(C(=O)c8ccc(OCCCCS(=O)(=O)O)cc8)c7)cc6)cc5)cc4)(C(F)(F)F)C(F)(F)F)cc3)cc2)cc1. The van der Waals surface area contributed by atoms with E-state index in [1.807, 2.05) is 26.0 Å². The molecule has 0 saturated heterocycles. The lowest BCUT2D eigenvalue weighted by molar-refractivity contribution is -0.288. The summed E-state index contributed by atoms with van der Waals surface area (Å²) in [6.45, 7) is 3.93. The van der Waals surface area contributed by atoms with Crippen molar-refractivity contribution in [3.63, 3.8) is 0 Å². The lowest BCUT2D eigenvalue weighted by Crippen LogP contribution is -2.54. The van der Waals surface area contributed by atoms with Crippen LogP contribution in [0.15, 0.2) is 188 Å². The van der Waals surface area contributed by atoms with E-state index in [2.05, 4.69) is 0 Å². The summed E-state index contributed by atoms with van der Waals surface area (Å²) in [5.74, 6) is -0.425. The third kappa shape index (κ3) is 12.3. The van der Waals surface area contributed by atoms with Gasteiger partial charge in [-0.25, -0.2) is 0 Å². The van der Waals surface area contributed by atoms with E-state index < -0.39 is 39.0 Å². The molecule has 16 heteroatoms. The Bertz CT molecular complexity index is 3450. The molecule has 0 aliphatic heterocycles. The van der Waals surface area contributed by atoms with E-state index in [1.54, 1.807) is 78.9 Å². The van der Waals surface area contributed by atoms with Crippen molar-refractivity contribution in [3.8, 4) is 39.9 Å². The average molecular weight is 1060 g/mol. The summed E-state index contributed by atoms with van der Waals surface area (Å²) >= 11 is 0. The monoisotopic (exact) mass is 1060 g/mol. The molecule has 8 aromatic carbocycles. The van der Waals surface area contributed by atoms with Crippen molar-refractivity contribution in [3.05, 3.63) is 244 Å². The number of benzene rings is 8. The molecule has 8 aromatic rings. The van der Waals surface area contributed by atoms with Crippen LogP contribution in [0.2, 0.25) is 0 Å². The number of aryl methyl sites for hydroxylation is 2. The molecule has 0 heterocycles. The predicted molar refractivity (Wildman–Crippen MR) is 274 cm³/mol. The number of unbranched alkanes of at least 4 members (excludes halogenated alkanes) is 1. The third-order valence-corrected chi connectivity index (χ3v) is 13.4. The molecule has 0 aliphatic carbocycles. The highest BCUT2D eigenvalue weighted by atomic mass is 32.2. The van der Waals surface area contributed by atoms with Crippen LogP contribution in [-0.4, -0.2) is 55.0 Å². The average Bonchev–Trinajstić information content (AvgIpc) is 3.39.